The molecular weight excluding hydrogens is 717 g/mol. The molecule has 268 valence electrons. The van der Waals surface area contributed by atoms with E-state index in [0.717, 1.165) is 78.0 Å². The average Bonchev–Trinajstić information content (AvgIpc) is 3.98. The molecule has 0 saturated heterocycles. The van der Waals surface area contributed by atoms with E-state index in [9.17, 15) is 0 Å². The maximum absolute atomic E-state index is 6.47. The third-order valence-electron chi connectivity index (χ3n) is 11.2. The molecule has 3 aromatic heterocycles. The van der Waals surface area contributed by atoms with Gasteiger partial charge in [0, 0.05) is 37.6 Å². The molecule has 9 aromatic carbocycles. The summed E-state index contributed by atoms with van der Waals surface area (Å²) in [5, 5.41) is 9.24. The van der Waals surface area contributed by atoms with Crippen LogP contribution in [0.25, 0.3) is 74.8 Å². The van der Waals surface area contributed by atoms with E-state index in [1.54, 1.807) is 0 Å². The number of nitrogens with zero attached hydrogens (tertiary/aromatic N) is 2. The van der Waals surface area contributed by atoms with Crippen LogP contribution >= 0.6 is 11.3 Å². The molecule has 0 bridgehead atoms. The largest absolute Gasteiger partial charge is 0.456 e. The van der Waals surface area contributed by atoms with Crippen molar-refractivity contribution in [1.82, 2.24) is 0 Å². The molecular formula is C52H32N2O2S. The highest BCUT2D eigenvalue weighted by molar-refractivity contribution is 7.27. The second-order valence-corrected chi connectivity index (χ2v) is 15.4. The van der Waals surface area contributed by atoms with Crippen LogP contribution in [0.15, 0.2) is 203 Å². The Labute approximate surface area is 331 Å². The lowest BCUT2D eigenvalue weighted by molar-refractivity contribution is 0.668. The first-order valence-electron chi connectivity index (χ1n) is 19.2. The number of anilines is 6. The van der Waals surface area contributed by atoms with Crippen molar-refractivity contribution in [3.8, 4) is 0 Å². The number of hydrogen-bond acceptors (Lipinski definition) is 5. The molecule has 12 rings (SSSR count). The predicted molar refractivity (Wildman–Crippen MR) is 241 cm³/mol. The summed E-state index contributed by atoms with van der Waals surface area (Å²) in [4.78, 5) is 4.85. The molecule has 0 amide bonds. The first-order chi connectivity index (χ1) is 28.3. The molecule has 0 spiro atoms. The zero-order valence-electron chi connectivity index (χ0n) is 30.6. The van der Waals surface area contributed by atoms with Crippen LogP contribution < -0.4 is 9.80 Å². The van der Waals surface area contributed by atoms with Crippen molar-refractivity contribution in [3.63, 3.8) is 0 Å². The highest BCUT2D eigenvalue weighted by Gasteiger charge is 2.27. The zero-order valence-corrected chi connectivity index (χ0v) is 31.4. The Morgan fingerprint density at radius 1 is 0.298 bits per heavy atom. The molecule has 0 radical (unpaired) electrons. The summed E-state index contributed by atoms with van der Waals surface area (Å²) in [6.45, 7) is 0. The topological polar surface area (TPSA) is 32.8 Å². The molecule has 0 saturated carbocycles. The number of hydrogen-bond donors (Lipinski definition) is 0. The van der Waals surface area contributed by atoms with Gasteiger partial charge in [-0.15, -0.1) is 11.3 Å². The van der Waals surface area contributed by atoms with Gasteiger partial charge in [0.15, 0.2) is 0 Å². The maximum atomic E-state index is 6.47. The van der Waals surface area contributed by atoms with E-state index in [1.807, 2.05) is 23.5 Å². The first kappa shape index (κ1) is 32.0. The van der Waals surface area contributed by atoms with Gasteiger partial charge in [-0.3, -0.25) is 0 Å². The van der Waals surface area contributed by atoms with Crippen LogP contribution in [0.4, 0.5) is 34.1 Å². The molecule has 3 heterocycles. The van der Waals surface area contributed by atoms with Gasteiger partial charge in [-0.1, -0.05) is 121 Å². The molecule has 0 aliphatic rings. The normalized spacial score (nSPS) is 11.9. The number of thiophene rings is 1. The summed E-state index contributed by atoms with van der Waals surface area (Å²) in [5.41, 5.74) is 9.94. The zero-order chi connectivity index (χ0) is 37.5. The van der Waals surface area contributed by atoms with Crippen molar-refractivity contribution in [2.45, 2.75) is 0 Å². The lowest BCUT2D eigenvalue weighted by atomic mass is 10.0. The van der Waals surface area contributed by atoms with E-state index in [0.29, 0.717) is 0 Å². The third-order valence-corrected chi connectivity index (χ3v) is 12.5. The highest BCUT2D eigenvalue weighted by Crippen LogP contribution is 2.54. The minimum absolute atomic E-state index is 0.861. The van der Waals surface area contributed by atoms with Gasteiger partial charge in [-0.25, -0.2) is 0 Å². The molecule has 0 aliphatic carbocycles. The number of benzene rings is 9. The second-order valence-electron chi connectivity index (χ2n) is 14.4. The van der Waals surface area contributed by atoms with Crippen molar-refractivity contribution in [2.24, 2.45) is 0 Å². The second kappa shape index (κ2) is 12.6. The fourth-order valence-electron chi connectivity index (χ4n) is 8.79. The molecule has 0 aliphatic heterocycles. The lowest BCUT2D eigenvalue weighted by Gasteiger charge is -2.30. The standard InChI is InChI=1S/C52H32N2O2S/c1-3-16-34(17-4-1)53(40-23-13-27-46-48(40)37-21-9-11-25-44(37)55-46)42-31-32-43(52-50(42)39-30-29-33-15-7-8-20-36(33)51(39)57-52)54(35-18-5-2-6-19-35)41-24-14-28-47-49(41)38-22-10-12-26-45(38)56-47/h1-32H. The summed E-state index contributed by atoms with van der Waals surface area (Å²) in [5.74, 6) is 0. The Morgan fingerprint density at radius 2 is 0.772 bits per heavy atom. The molecule has 0 atom stereocenters. The van der Waals surface area contributed by atoms with Crippen molar-refractivity contribution >= 4 is 120 Å². The molecule has 0 unspecified atom stereocenters. The van der Waals surface area contributed by atoms with Gasteiger partial charge < -0.3 is 18.6 Å². The molecule has 5 heteroatoms. The van der Waals surface area contributed by atoms with Gasteiger partial charge in [-0.2, -0.15) is 0 Å². The SMILES string of the molecule is c1ccc(N(c2ccc(N(c3ccccc3)c3cccc4oc5ccccc5c34)c3c2sc2c4ccccc4ccc23)c2cccc3oc4ccccc4c23)cc1. The summed E-state index contributed by atoms with van der Waals surface area (Å²) in [7, 11) is 0. The fourth-order valence-corrected chi connectivity index (χ4v) is 10.2. The maximum Gasteiger partial charge on any atom is 0.137 e. The van der Waals surface area contributed by atoms with Crippen molar-refractivity contribution in [1.29, 1.82) is 0 Å². The number of rotatable bonds is 6. The minimum Gasteiger partial charge on any atom is -0.456 e. The number of furan rings is 2. The number of fused-ring (bicyclic) bond motifs is 11. The monoisotopic (exact) mass is 748 g/mol. The van der Waals surface area contributed by atoms with Crippen molar-refractivity contribution < 1.29 is 8.83 Å². The van der Waals surface area contributed by atoms with Crippen LogP contribution in [0.1, 0.15) is 0 Å². The smallest absolute Gasteiger partial charge is 0.137 e. The lowest BCUT2D eigenvalue weighted by Crippen LogP contribution is -2.13. The van der Waals surface area contributed by atoms with Crippen LogP contribution in [0.2, 0.25) is 0 Å². The van der Waals surface area contributed by atoms with Gasteiger partial charge >= 0.3 is 0 Å². The van der Waals surface area contributed by atoms with E-state index in [2.05, 4.69) is 192 Å². The molecule has 4 nitrogen and oxygen atoms in total. The predicted octanol–water partition coefficient (Wildman–Crippen LogP) is 15.9. The third kappa shape index (κ3) is 4.86. The van der Waals surface area contributed by atoms with E-state index in [4.69, 9.17) is 8.83 Å². The van der Waals surface area contributed by atoms with Crippen LogP contribution in [0.5, 0.6) is 0 Å². The molecule has 12 aromatic rings. The summed E-state index contributed by atoms with van der Waals surface area (Å²) in [6.07, 6.45) is 0. The van der Waals surface area contributed by atoms with E-state index in [-0.39, 0.29) is 0 Å². The number of para-hydroxylation sites is 4. The van der Waals surface area contributed by atoms with E-state index in [1.165, 1.54) is 30.9 Å². The fraction of sp³-hybridized carbons (Fsp3) is 0. The Bertz CT molecular complexity index is 3490. The minimum atomic E-state index is 0.861. The van der Waals surface area contributed by atoms with E-state index < -0.39 is 0 Å². The highest BCUT2D eigenvalue weighted by atomic mass is 32.1. The van der Waals surface area contributed by atoms with Crippen LogP contribution in [-0.2, 0) is 0 Å². The average molecular weight is 749 g/mol. The van der Waals surface area contributed by atoms with Gasteiger partial charge in [0.25, 0.3) is 0 Å². The van der Waals surface area contributed by atoms with Gasteiger partial charge in [0.1, 0.15) is 22.3 Å². The Balaban J connectivity index is 1.22. The Hall–Kier alpha value is -7.34. The van der Waals surface area contributed by atoms with Crippen molar-refractivity contribution in [3.05, 3.63) is 194 Å². The van der Waals surface area contributed by atoms with E-state index >= 15 is 0 Å². The van der Waals surface area contributed by atoms with Crippen LogP contribution in [0.3, 0.4) is 0 Å². The summed E-state index contributed by atoms with van der Waals surface area (Å²) in [6, 6.07) is 68.9. The quantitative estimate of drug-likeness (QED) is 0.170. The molecule has 57 heavy (non-hydrogen) atoms. The van der Waals surface area contributed by atoms with Gasteiger partial charge in [0.05, 0.1) is 38.2 Å². The van der Waals surface area contributed by atoms with Gasteiger partial charge in [0.2, 0.25) is 0 Å². The van der Waals surface area contributed by atoms with Gasteiger partial charge in [-0.05, 0) is 83.6 Å². The summed E-state index contributed by atoms with van der Waals surface area (Å²) < 4.78 is 15.4. The molecule has 0 N–H and O–H groups in total. The van der Waals surface area contributed by atoms with Crippen LogP contribution in [-0.4, -0.2) is 0 Å². The molecule has 0 fully saturated rings. The first-order valence-corrected chi connectivity index (χ1v) is 20.0. The summed E-state index contributed by atoms with van der Waals surface area (Å²) >= 11 is 1.87. The Kier molecular flexibility index (Phi) is 7.06. The van der Waals surface area contributed by atoms with Crippen molar-refractivity contribution in [2.75, 3.05) is 9.80 Å². The Morgan fingerprint density at radius 3 is 1.39 bits per heavy atom. The van der Waals surface area contributed by atoms with Crippen LogP contribution in [0, 0.1) is 0 Å².